The van der Waals surface area contributed by atoms with E-state index in [0.717, 1.165) is 11.1 Å². The van der Waals surface area contributed by atoms with Crippen molar-refractivity contribution in [1.82, 2.24) is 20.1 Å². The molecule has 0 atom stereocenters. The van der Waals surface area contributed by atoms with Gasteiger partial charge in [-0.2, -0.15) is 5.10 Å². The highest BCUT2D eigenvalue weighted by atomic mass is 16.6. The van der Waals surface area contributed by atoms with Gasteiger partial charge in [-0.1, -0.05) is 24.3 Å². The number of nitrogens with one attached hydrogen (secondary N) is 1. The van der Waals surface area contributed by atoms with Gasteiger partial charge >= 0.3 is 0 Å². The van der Waals surface area contributed by atoms with Crippen molar-refractivity contribution >= 4 is 17.3 Å². The molecule has 3 rings (SSSR count). The predicted molar refractivity (Wildman–Crippen MR) is 104 cm³/mol. The second kappa shape index (κ2) is 8.30. The van der Waals surface area contributed by atoms with Gasteiger partial charge in [0, 0.05) is 38.5 Å². The van der Waals surface area contributed by atoms with Crippen molar-refractivity contribution in [3.05, 3.63) is 81.9 Å². The maximum atomic E-state index is 12.6. The van der Waals surface area contributed by atoms with Crippen LogP contribution in [0.5, 0.6) is 0 Å². The molecule has 0 unspecified atom stereocenters. The minimum absolute atomic E-state index is 0.117. The van der Waals surface area contributed by atoms with E-state index in [9.17, 15) is 14.9 Å². The lowest BCUT2D eigenvalue weighted by molar-refractivity contribution is -0.384. The number of nitrogens with zero attached hydrogens (tertiary/aromatic N) is 5. The molecule has 1 amide bonds. The summed E-state index contributed by atoms with van der Waals surface area (Å²) in [4.78, 5) is 28.8. The number of carbonyl (C=O) groups is 1. The van der Waals surface area contributed by atoms with Crippen LogP contribution in [-0.2, 0) is 13.1 Å². The quantitative estimate of drug-likeness (QED) is 0.498. The maximum absolute atomic E-state index is 12.6. The lowest BCUT2D eigenvalue weighted by Gasteiger charge is -2.17. The number of hydrogen-bond donors (Lipinski definition) is 1. The molecular weight excluding hydrogens is 360 g/mol. The molecule has 0 aliphatic carbocycles. The van der Waals surface area contributed by atoms with Crippen molar-refractivity contribution in [2.24, 2.45) is 0 Å². The highest BCUT2D eigenvalue weighted by molar-refractivity contribution is 6.00. The average Bonchev–Trinajstić information content (AvgIpc) is 3.19. The highest BCUT2D eigenvalue weighted by Crippen LogP contribution is 2.24. The zero-order valence-corrected chi connectivity index (χ0v) is 15.6. The molecule has 1 heterocycles. The number of rotatable bonds is 7. The number of benzene rings is 2. The van der Waals surface area contributed by atoms with Crippen LogP contribution in [-0.4, -0.2) is 39.7 Å². The van der Waals surface area contributed by atoms with Crippen LogP contribution in [0.15, 0.2) is 55.1 Å². The first-order valence-electron chi connectivity index (χ1n) is 8.58. The first-order valence-corrected chi connectivity index (χ1v) is 8.58. The molecule has 28 heavy (non-hydrogen) atoms. The van der Waals surface area contributed by atoms with Crippen molar-refractivity contribution < 1.29 is 9.72 Å². The molecule has 0 aliphatic rings. The van der Waals surface area contributed by atoms with Gasteiger partial charge in [-0.15, -0.1) is 0 Å². The van der Waals surface area contributed by atoms with Gasteiger partial charge in [0.25, 0.3) is 11.6 Å². The molecule has 0 aliphatic heterocycles. The van der Waals surface area contributed by atoms with Gasteiger partial charge in [0.2, 0.25) is 0 Å². The van der Waals surface area contributed by atoms with E-state index in [1.807, 2.05) is 24.3 Å². The molecular formula is C19H20N6O3. The lowest BCUT2D eigenvalue weighted by atomic mass is 10.1. The molecule has 0 saturated carbocycles. The van der Waals surface area contributed by atoms with Crippen molar-refractivity contribution in [2.75, 3.05) is 19.0 Å². The predicted octanol–water partition coefficient (Wildman–Crippen LogP) is 2.23. The Balaban J connectivity index is 1.68. The molecule has 3 aromatic rings. The number of carbonyl (C=O) groups excluding carboxylic acids is 1. The van der Waals surface area contributed by atoms with Crippen molar-refractivity contribution in [1.29, 1.82) is 0 Å². The number of amides is 1. The standard InChI is InChI=1S/C19H20N6O3/c1-23(2)18-8-7-16(25(27)28)9-17(18)19(26)21-10-14-3-5-15(6-4-14)11-24-13-20-12-22-24/h3-9,12-13H,10-11H2,1-2H3,(H,21,26). The van der Waals surface area contributed by atoms with Gasteiger partial charge in [-0.3, -0.25) is 14.9 Å². The Hall–Kier alpha value is -3.75. The molecule has 1 aromatic heterocycles. The summed E-state index contributed by atoms with van der Waals surface area (Å²) in [6, 6.07) is 12.0. The highest BCUT2D eigenvalue weighted by Gasteiger charge is 2.17. The Morgan fingerprint density at radius 1 is 1.18 bits per heavy atom. The van der Waals surface area contributed by atoms with Crippen LogP contribution < -0.4 is 10.2 Å². The van der Waals surface area contributed by atoms with E-state index in [2.05, 4.69) is 15.4 Å². The van der Waals surface area contributed by atoms with Gasteiger partial charge in [-0.25, -0.2) is 9.67 Å². The Kier molecular flexibility index (Phi) is 5.64. The molecule has 9 heteroatoms. The fourth-order valence-corrected chi connectivity index (χ4v) is 2.75. The Bertz CT molecular complexity index is 968. The molecule has 0 radical (unpaired) electrons. The molecule has 0 bridgehead atoms. The second-order valence-corrected chi connectivity index (χ2v) is 6.45. The second-order valence-electron chi connectivity index (χ2n) is 6.45. The van der Waals surface area contributed by atoms with E-state index in [0.29, 0.717) is 18.8 Å². The van der Waals surface area contributed by atoms with Gasteiger partial charge in [-0.05, 0) is 17.2 Å². The lowest BCUT2D eigenvalue weighted by Crippen LogP contribution is -2.25. The van der Waals surface area contributed by atoms with Crippen LogP contribution in [0.3, 0.4) is 0 Å². The van der Waals surface area contributed by atoms with E-state index in [-0.39, 0.29) is 17.2 Å². The third-order valence-corrected chi connectivity index (χ3v) is 4.20. The minimum Gasteiger partial charge on any atom is -0.377 e. The van der Waals surface area contributed by atoms with E-state index in [1.165, 1.54) is 18.5 Å². The van der Waals surface area contributed by atoms with Crippen molar-refractivity contribution in [2.45, 2.75) is 13.1 Å². The van der Waals surface area contributed by atoms with Crippen LogP contribution >= 0.6 is 0 Å². The fraction of sp³-hybridized carbons (Fsp3) is 0.211. The summed E-state index contributed by atoms with van der Waals surface area (Å²) in [6.45, 7) is 0.935. The van der Waals surface area contributed by atoms with Gasteiger partial charge in [0.1, 0.15) is 12.7 Å². The van der Waals surface area contributed by atoms with Gasteiger partial charge < -0.3 is 10.2 Å². The zero-order chi connectivity index (χ0) is 20.1. The Morgan fingerprint density at radius 2 is 1.89 bits per heavy atom. The van der Waals surface area contributed by atoms with Crippen LogP contribution in [0.4, 0.5) is 11.4 Å². The molecule has 1 N–H and O–H groups in total. The van der Waals surface area contributed by atoms with E-state index in [4.69, 9.17) is 0 Å². The summed E-state index contributed by atoms with van der Waals surface area (Å²) in [5.74, 6) is -0.362. The first kappa shape index (κ1) is 19.0. The number of nitro benzene ring substituents is 1. The fourth-order valence-electron chi connectivity index (χ4n) is 2.75. The number of hydrogen-bond acceptors (Lipinski definition) is 6. The van der Waals surface area contributed by atoms with E-state index in [1.54, 1.807) is 36.1 Å². The maximum Gasteiger partial charge on any atom is 0.270 e. The smallest absolute Gasteiger partial charge is 0.270 e. The van der Waals surface area contributed by atoms with Crippen LogP contribution in [0.25, 0.3) is 0 Å². The average molecular weight is 380 g/mol. The zero-order valence-electron chi connectivity index (χ0n) is 15.6. The Labute approximate surface area is 161 Å². The summed E-state index contributed by atoms with van der Waals surface area (Å²) < 4.78 is 1.72. The minimum atomic E-state index is -0.510. The molecule has 0 spiro atoms. The number of nitro groups is 1. The summed E-state index contributed by atoms with van der Waals surface area (Å²) >= 11 is 0. The van der Waals surface area contributed by atoms with Crippen LogP contribution in [0.1, 0.15) is 21.5 Å². The first-order chi connectivity index (χ1) is 13.4. The van der Waals surface area contributed by atoms with E-state index < -0.39 is 4.92 Å². The molecule has 2 aromatic carbocycles. The summed E-state index contributed by atoms with van der Waals surface area (Å²) in [6.07, 6.45) is 3.13. The SMILES string of the molecule is CN(C)c1ccc([N+](=O)[O-])cc1C(=O)NCc1ccc(Cn2cncn2)cc1. The third kappa shape index (κ3) is 4.50. The van der Waals surface area contributed by atoms with Crippen molar-refractivity contribution in [3.8, 4) is 0 Å². The molecule has 144 valence electrons. The number of anilines is 1. The third-order valence-electron chi connectivity index (χ3n) is 4.20. The van der Waals surface area contributed by atoms with Crippen molar-refractivity contribution in [3.63, 3.8) is 0 Å². The topological polar surface area (TPSA) is 106 Å². The number of aromatic nitrogens is 3. The van der Waals surface area contributed by atoms with Crippen LogP contribution in [0.2, 0.25) is 0 Å². The van der Waals surface area contributed by atoms with Gasteiger partial charge in [0.15, 0.2) is 0 Å². The summed E-state index contributed by atoms with van der Waals surface area (Å²) in [7, 11) is 3.57. The molecule has 0 saturated heterocycles. The largest absolute Gasteiger partial charge is 0.377 e. The summed E-state index contributed by atoms with van der Waals surface area (Å²) in [5, 5.41) is 17.9. The van der Waals surface area contributed by atoms with E-state index >= 15 is 0 Å². The monoisotopic (exact) mass is 380 g/mol. The molecule has 9 nitrogen and oxygen atoms in total. The Morgan fingerprint density at radius 3 is 2.50 bits per heavy atom. The molecule has 0 fully saturated rings. The normalized spacial score (nSPS) is 10.5. The number of non-ortho nitro benzene ring substituents is 1. The van der Waals surface area contributed by atoms with Crippen LogP contribution in [0, 0.1) is 10.1 Å². The summed E-state index contributed by atoms with van der Waals surface area (Å²) in [5.41, 5.74) is 2.75. The van der Waals surface area contributed by atoms with Gasteiger partial charge in [0.05, 0.1) is 17.0 Å².